The molecule has 0 fully saturated rings. The van der Waals surface area contributed by atoms with Crippen molar-refractivity contribution >= 4 is 11.8 Å². The summed E-state index contributed by atoms with van der Waals surface area (Å²) < 4.78 is 0. The van der Waals surface area contributed by atoms with Gasteiger partial charge in [-0.2, -0.15) is 0 Å². The Balaban J connectivity index is 2.77. The Morgan fingerprint density at radius 3 is 2.14 bits per heavy atom. The van der Waals surface area contributed by atoms with Crippen LogP contribution in [0.2, 0.25) is 0 Å². The Labute approximate surface area is 91.1 Å². The molecule has 14 heavy (non-hydrogen) atoms. The van der Waals surface area contributed by atoms with Crippen molar-refractivity contribution in [2.75, 3.05) is 5.75 Å². The minimum Gasteiger partial charge on any atom is -0.125 e. The van der Waals surface area contributed by atoms with Crippen LogP contribution in [0.5, 0.6) is 0 Å². The van der Waals surface area contributed by atoms with Gasteiger partial charge in [-0.15, -0.1) is 11.8 Å². The van der Waals surface area contributed by atoms with Crippen LogP contribution in [0.15, 0.2) is 4.90 Å². The molecule has 1 heteroatoms. The average Bonchev–Trinajstić information content (AvgIpc) is 2.54. The quantitative estimate of drug-likeness (QED) is 0.615. The van der Waals surface area contributed by atoms with Gasteiger partial charge in [0, 0.05) is 10.6 Å². The van der Waals surface area contributed by atoms with E-state index in [2.05, 4.69) is 34.6 Å². The van der Waals surface area contributed by atoms with E-state index < -0.39 is 0 Å². The second-order valence-electron chi connectivity index (χ2n) is 4.45. The Morgan fingerprint density at radius 1 is 0.929 bits per heavy atom. The molecule has 1 aromatic rings. The molecule has 1 atom stereocenters. The molecule has 1 aromatic carbocycles. The zero-order chi connectivity index (χ0) is 10.5. The van der Waals surface area contributed by atoms with Crippen LogP contribution in [0.4, 0.5) is 0 Å². The smallest absolute Gasteiger partial charge is 0.0142 e. The van der Waals surface area contributed by atoms with E-state index in [9.17, 15) is 0 Å². The highest BCUT2D eigenvalue weighted by Gasteiger charge is 2.25. The van der Waals surface area contributed by atoms with Gasteiger partial charge in [0.1, 0.15) is 0 Å². The van der Waals surface area contributed by atoms with Gasteiger partial charge in [-0.25, -0.2) is 0 Å². The van der Waals surface area contributed by atoms with Crippen LogP contribution in [0.1, 0.15) is 40.7 Å². The van der Waals surface area contributed by atoms with E-state index in [1.54, 1.807) is 10.5 Å². The standard InChI is InChI=1S/C13H18S/c1-7-6-14-13-11(5)9(3)8(2)10(4)12(7)13/h7H,6H2,1-5H3. The molecule has 0 N–H and O–H groups in total. The fourth-order valence-corrected chi connectivity index (χ4v) is 3.84. The molecule has 2 rings (SSSR count). The van der Waals surface area contributed by atoms with Gasteiger partial charge in [-0.3, -0.25) is 0 Å². The number of rotatable bonds is 0. The molecule has 1 aliphatic heterocycles. The van der Waals surface area contributed by atoms with Crippen LogP contribution < -0.4 is 0 Å². The molecule has 76 valence electrons. The van der Waals surface area contributed by atoms with Crippen LogP contribution in [-0.4, -0.2) is 5.75 Å². The molecular formula is C13H18S. The van der Waals surface area contributed by atoms with E-state index in [0.29, 0.717) is 0 Å². The summed E-state index contributed by atoms with van der Waals surface area (Å²) in [4.78, 5) is 1.57. The predicted molar refractivity (Wildman–Crippen MR) is 64.5 cm³/mol. The first-order chi connectivity index (χ1) is 6.54. The average molecular weight is 206 g/mol. The number of hydrogen-bond donors (Lipinski definition) is 0. The number of thioether (sulfide) groups is 1. The molecule has 0 bridgehead atoms. The number of fused-ring (bicyclic) bond motifs is 1. The lowest BCUT2D eigenvalue weighted by molar-refractivity contribution is 0.859. The highest BCUT2D eigenvalue weighted by atomic mass is 32.2. The zero-order valence-electron chi connectivity index (χ0n) is 9.69. The van der Waals surface area contributed by atoms with Gasteiger partial charge in [-0.1, -0.05) is 6.92 Å². The van der Waals surface area contributed by atoms with E-state index in [0.717, 1.165) is 5.92 Å². The molecule has 0 saturated carbocycles. The van der Waals surface area contributed by atoms with Gasteiger partial charge in [0.15, 0.2) is 0 Å². The summed E-state index contributed by atoms with van der Waals surface area (Å²) in [5.74, 6) is 2.01. The van der Waals surface area contributed by atoms with Crippen molar-refractivity contribution in [2.24, 2.45) is 0 Å². The first kappa shape index (κ1) is 10.1. The van der Waals surface area contributed by atoms with Gasteiger partial charge in [-0.05, 0) is 61.4 Å². The molecule has 1 heterocycles. The summed E-state index contributed by atoms with van der Waals surface area (Å²) in [6.45, 7) is 11.4. The van der Waals surface area contributed by atoms with E-state index in [-0.39, 0.29) is 0 Å². The molecule has 1 aliphatic rings. The molecule has 0 nitrogen and oxygen atoms in total. The molecule has 0 spiro atoms. The summed E-state index contributed by atoms with van der Waals surface area (Å²) >= 11 is 2.04. The van der Waals surface area contributed by atoms with E-state index in [4.69, 9.17) is 0 Å². The van der Waals surface area contributed by atoms with Crippen molar-refractivity contribution in [2.45, 2.75) is 45.4 Å². The topological polar surface area (TPSA) is 0 Å². The summed E-state index contributed by atoms with van der Waals surface area (Å²) in [6.07, 6.45) is 0. The maximum Gasteiger partial charge on any atom is 0.0142 e. The monoisotopic (exact) mass is 206 g/mol. The first-order valence-electron chi connectivity index (χ1n) is 5.27. The third-order valence-corrected chi connectivity index (χ3v) is 5.13. The van der Waals surface area contributed by atoms with E-state index in [1.807, 2.05) is 11.8 Å². The van der Waals surface area contributed by atoms with Gasteiger partial charge in [0.25, 0.3) is 0 Å². The maximum absolute atomic E-state index is 2.35. The molecular weight excluding hydrogens is 188 g/mol. The predicted octanol–water partition coefficient (Wildman–Crippen LogP) is 4.13. The highest BCUT2D eigenvalue weighted by Crippen LogP contribution is 2.45. The molecule has 0 amide bonds. The molecule has 0 radical (unpaired) electrons. The van der Waals surface area contributed by atoms with Crippen molar-refractivity contribution in [3.8, 4) is 0 Å². The van der Waals surface area contributed by atoms with Crippen LogP contribution in [-0.2, 0) is 0 Å². The molecule has 0 aliphatic carbocycles. The third kappa shape index (κ3) is 1.22. The fourth-order valence-electron chi connectivity index (χ4n) is 2.38. The Bertz CT molecular complexity index is 391. The Morgan fingerprint density at radius 2 is 1.50 bits per heavy atom. The lowest BCUT2D eigenvalue weighted by Gasteiger charge is -2.16. The van der Waals surface area contributed by atoms with Gasteiger partial charge in [0.2, 0.25) is 0 Å². The maximum atomic E-state index is 2.35. The first-order valence-corrected chi connectivity index (χ1v) is 6.25. The minimum absolute atomic E-state index is 0.744. The molecule has 0 aromatic heterocycles. The third-order valence-electron chi connectivity index (χ3n) is 3.65. The van der Waals surface area contributed by atoms with Crippen molar-refractivity contribution in [1.29, 1.82) is 0 Å². The van der Waals surface area contributed by atoms with Gasteiger partial charge < -0.3 is 0 Å². The van der Waals surface area contributed by atoms with Crippen LogP contribution in [0.25, 0.3) is 0 Å². The summed E-state index contributed by atoms with van der Waals surface area (Å²) in [5, 5.41) is 0. The van der Waals surface area contributed by atoms with Gasteiger partial charge >= 0.3 is 0 Å². The van der Waals surface area contributed by atoms with Gasteiger partial charge in [0.05, 0.1) is 0 Å². The second kappa shape index (κ2) is 3.30. The minimum atomic E-state index is 0.744. The SMILES string of the molecule is Cc1c(C)c(C)c2c(c1C)SCC2C. The molecule has 1 unspecified atom stereocenters. The van der Waals surface area contributed by atoms with Crippen LogP contribution in [0, 0.1) is 27.7 Å². The lowest BCUT2D eigenvalue weighted by atomic mass is 9.89. The second-order valence-corrected chi connectivity index (χ2v) is 5.49. The zero-order valence-corrected chi connectivity index (χ0v) is 10.5. The number of hydrogen-bond acceptors (Lipinski definition) is 1. The fraction of sp³-hybridized carbons (Fsp3) is 0.538. The number of benzene rings is 1. The van der Waals surface area contributed by atoms with Crippen molar-refractivity contribution in [1.82, 2.24) is 0 Å². The molecule has 0 saturated heterocycles. The van der Waals surface area contributed by atoms with E-state index in [1.165, 1.54) is 28.0 Å². The normalized spacial score (nSPS) is 19.9. The largest absolute Gasteiger partial charge is 0.125 e. The summed E-state index contributed by atoms with van der Waals surface area (Å²) in [6, 6.07) is 0. The Hall–Kier alpha value is -0.430. The van der Waals surface area contributed by atoms with Crippen molar-refractivity contribution in [3.63, 3.8) is 0 Å². The van der Waals surface area contributed by atoms with Crippen molar-refractivity contribution < 1.29 is 0 Å². The lowest BCUT2D eigenvalue weighted by Crippen LogP contribution is -2.00. The van der Waals surface area contributed by atoms with Crippen LogP contribution >= 0.6 is 11.8 Å². The van der Waals surface area contributed by atoms with Crippen molar-refractivity contribution in [3.05, 3.63) is 27.8 Å². The van der Waals surface area contributed by atoms with E-state index >= 15 is 0 Å². The Kier molecular flexibility index (Phi) is 2.38. The highest BCUT2D eigenvalue weighted by molar-refractivity contribution is 7.99. The summed E-state index contributed by atoms with van der Waals surface area (Å²) in [7, 11) is 0. The summed E-state index contributed by atoms with van der Waals surface area (Å²) in [5.41, 5.74) is 7.65. The van der Waals surface area contributed by atoms with Crippen LogP contribution in [0.3, 0.4) is 0 Å².